The van der Waals surface area contributed by atoms with Crippen molar-refractivity contribution in [1.29, 1.82) is 0 Å². The zero-order valence-corrected chi connectivity index (χ0v) is 11.4. The molecule has 22 heavy (non-hydrogen) atoms. The van der Waals surface area contributed by atoms with E-state index >= 15 is 0 Å². The summed E-state index contributed by atoms with van der Waals surface area (Å²) in [6, 6.07) is 18.7. The van der Waals surface area contributed by atoms with E-state index in [-0.39, 0.29) is 0 Å². The number of hydrogen-bond donors (Lipinski definition) is 0. The van der Waals surface area contributed by atoms with E-state index in [0.29, 0.717) is 44.7 Å². The Morgan fingerprint density at radius 2 is 0.636 bits per heavy atom. The molecule has 0 aliphatic rings. The second-order valence-corrected chi connectivity index (χ2v) is 5.05. The van der Waals surface area contributed by atoms with Crippen LogP contribution in [0.2, 0.25) is 0 Å². The molecule has 0 N–H and O–H groups in total. The van der Waals surface area contributed by atoms with Crippen molar-refractivity contribution in [2.45, 2.75) is 0 Å². The lowest BCUT2D eigenvalue weighted by Gasteiger charge is -2.04. The topological polar surface area (TPSA) is 52.6 Å². The number of hydrogen-bond acceptors (Lipinski definition) is 4. The van der Waals surface area contributed by atoms with Crippen molar-refractivity contribution in [1.82, 2.24) is 0 Å². The monoisotopic (exact) mass is 290 g/mol. The molecular weight excluding hydrogens is 280 g/mol. The summed E-state index contributed by atoms with van der Waals surface area (Å²) < 4.78 is 23.5. The molecule has 2 heterocycles. The maximum absolute atomic E-state index is 5.87. The highest BCUT2D eigenvalue weighted by Gasteiger charge is 2.09. The highest BCUT2D eigenvalue weighted by atomic mass is 16.4. The van der Waals surface area contributed by atoms with Crippen molar-refractivity contribution >= 4 is 44.7 Å². The summed E-state index contributed by atoms with van der Waals surface area (Å²) in [5.41, 5.74) is 5.19. The van der Waals surface area contributed by atoms with E-state index < -0.39 is 0 Å². The van der Waals surface area contributed by atoms with Gasteiger partial charge in [0.2, 0.25) is 0 Å². The van der Waals surface area contributed by atoms with Crippen LogP contribution in [0, 0.1) is 0 Å². The molecule has 0 spiro atoms. The lowest BCUT2D eigenvalue weighted by Crippen LogP contribution is -1.80. The van der Waals surface area contributed by atoms with Crippen molar-refractivity contribution < 1.29 is 17.7 Å². The van der Waals surface area contributed by atoms with Crippen LogP contribution < -0.4 is 0 Å². The minimum Gasteiger partial charge on any atom is -0.449 e. The van der Waals surface area contributed by atoms with Gasteiger partial charge in [0, 0.05) is 12.1 Å². The first kappa shape index (κ1) is 11.5. The second kappa shape index (κ2) is 4.18. The number of rotatable bonds is 0. The molecule has 5 rings (SSSR count). The fraction of sp³-hybridized carbons (Fsp3) is 0. The van der Waals surface area contributed by atoms with Crippen molar-refractivity contribution in [3.63, 3.8) is 0 Å². The van der Waals surface area contributed by atoms with Crippen LogP contribution in [0.5, 0.6) is 0 Å². The fourth-order valence-corrected chi connectivity index (χ4v) is 2.55. The standard InChI is InChI=1S/C18H10O4/c1-2-6-12-11(5-1)19-15-9-17-18(10-16(15)20-12)22-14-8-4-3-7-13(14)21-17/h1-10H. The van der Waals surface area contributed by atoms with Crippen molar-refractivity contribution in [3.8, 4) is 0 Å². The van der Waals surface area contributed by atoms with Crippen molar-refractivity contribution in [2.75, 3.05) is 0 Å². The lowest BCUT2D eigenvalue weighted by molar-refractivity contribution is 0.565. The smallest absolute Gasteiger partial charge is 0.174 e. The molecule has 3 aromatic carbocycles. The van der Waals surface area contributed by atoms with Crippen LogP contribution in [0.3, 0.4) is 0 Å². The zero-order valence-electron chi connectivity index (χ0n) is 11.4. The molecule has 0 unspecified atom stereocenters. The summed E-state index contributed by atoms with van der Waals surface area (Å²) in [7, 11) is 0. The highest BCUT2D eigenvalue weighted by molar-refractivity contribution is 5.90. The largest absolute Gasteiger partial charge is 0.449 e. The van der Waals surface area contributed by atoms with E-state index in [1.807, 2.05) is 48.5 Å². The van der Waals surface area contributed by atoms with Gasteiger partial charge in [-0.25, -0.2) is 0 Å². The van der Waals surface area contributed by atoms with Gasteiger partial charge in [-0.15, -0.1) is 0 Å². The third-order valence-electron chi connectivity index (χ3n) is 3.59. The van der Waals surface area contributed by atoms with Crippen LogP contribution in [0.25, 0.3) is 44.7 Å². The molecule has 4 nitrogen and oxygen atoms in total. The van der Waals surface area contributed by atoms with E-state index in [0.717, 1.165) is 0 Å². The minimum absolute atomic E-state index is 0.612. The average Bonchev–Trinajstić information content (AvgIpc) is 2.56. The van der Waals surface area contributed by atoms with Gasteiger partial charge in [0.05, 0.1) is 0 Å². The van der Waals surface area contributed by atoms with Crippen LogP contribution >= 0.6 is 0 Å². The Balaban J connectivity index is 1.93. The Morgan fingerprint density at radius 1 is 0.364 bits per heavy atom. The maximum Gasteiger partial charge on any atom is 0.174 e. The number of benzene rings is 3. The van der Waals surface area contributed by atoms with Gasteiger partial charge in [0.15, 0.2) is 44.7 Å². The first-order valence-electron chi connectivity index (χ1n) is 6.94. The Hall–Kier alpha value is -3.14. The average molecular weight is 290 g/mol. The van der Waals surface area contributed by atoms with E-state index in [2.05, 4.69) is 0 Å². The fourth-order valence-electron chi connectivity index (χ4n) is 2.55. The Morgan fingerprint density at radius 3 is 0.909 bits per heavy atom. The van der Waals surface area contributed by atoms with Crippen LogP contribution in [-0.2, 0) is 0 Å². The molecule has 0 bridgehead atoms. The van der Waals surface area contributed by atoms with Crippen molar-refractivity contribution in [2.24, 2.45) is 0 Å². The number of para-hydroxylation sites is 4. The molecular formula is C18H10O4. The van der Waals surface area contributed by atoms with E-state index in [9.17, 15) is 0 Å². The molecule has 0 aliphatic carbocycles. The Kier molecular flexibility index (Phi) is 2.19. The molecule has 2 aromatic heterocycles. The van der Waals surface area contributed by atoms with E-state index in [1.54, 1.807) is 12.1 Å². The lowest BCUT2D eigenvalue weighted by atomic mass is 10.3. The van der Waals surface area contributed by atoms with Gasteiger partial charge >= 0.3 is 0 Å². The van der Waals surface area contributed by atoms with Crippen LogP contribution in [0.15, 0.2) is 78.3 Å². The van der Waals surface area contributed by atoms with Gasteiger partial charge < -0.3 is 17.7 Å². The van der Waals surface area contributed by atoms with Crippen LogP contribution in [0.1, 0.15) is 0 Å². The second-order valence-electron chi connectivity index (χ2n) is 5.05. The summed E-state index contributed by atoms with van der Waals surface area (Å²) in [6.45, 7) is 0. The normalized spacial score (nSPS) is 11.6. The van der Waals surface area contributed by atoms with Gasteiger partial charge in [-0.05, 0) is 24.3 Å². The quantitative estimate of drug-likeness (QED) is 0.338. The van der Waals surface area contributed by atoms with Gasteiger partial charge in [0.25, 0.3) is 0 Å². The van der Waals surface area contributed by atoms with Gasteiger partial charge in [-0.2, -0.15) is 0 Å². The Bertz CT molecular complexity index is 997. The first-order chi connectivity index (χ1) is 10.9. The molecule has 0 saturated heterocycles. The zero-order chi connectivity index (χ0) is 14.5. The van der Waals surface area contributed by atoms with Gasteiger partial charge in [-0.3, -0.25) is 0 Å². The summed E-state index contributed by atoms with van der Waals surface area (Å²) in [4.78, 5) is 0. The molecule has 5 aromatic rings. The number of fused-ring (bicyclic) bond motifs is 4. The highest BCUT2D eigenvalue weighted by Crippen LogP contribution is 2.29. The van der Waals surface area contributed by atoms with Gasteiger partial charge in [0.1, 0.15) is 0 Å². The SMILES string of the molecule is c1ccc2oc3cc4oc5ccccc5oc4cc3oc2c1. The molecule has 4 heteroatoms. The molecule has 0 radical (unpaired) electrons. The molecule has 0 aliphatic heterocycles. The molecule has 0 atom stereocenters. The van der Waals surface area contributed by atoms with E-state index in [1.165, 1.54) is 0 Å². The van der Waals surface area contributed by atoms with Crippen LogP contribution in [0.4, 0.5) is 0 Å². The Labute approximate surface area is 123 Å². The van der Waals surface area contributed by atoms with Crippen molar-refractivity contribution in [3.05, 3.63) is 60.7 Å². The third kappa shape index (κ3) is 1.64. The van der Waals surface area contributed by atoms with E-state index in [4.69, 9.17) is 17.7 Å². The summed E-state index contributed by atoms with van der Waals surface area (Å²) in [6.07, 6.45) is 0. The predicted octanol–water partition coefficient (Wildman–Crippen LogP) is 5.80. The maximum atomic E-state index is 5.87. The summed E-state index contributed by atoms with van der Waals surface area (Å²) >= 11 is 0. The van der Waals surface area contributed by atoms with Crippen LogP contribution in [-0.4, -0.2) is 0 Å². The molecule has 0 fully saturated rings. The third-order valence-corrected chi connectivity index (χ3v) is 3.59. The van der Waals surface area contributed by atoms with Gasteiger partial charge in [-0.1, -0.05) is 24.3 Å². The first-order valence-corrected chi connectivity index (χ1v) is 6.94. The summed E-state index contributed by atoms with van der Waals surface area (Å²) in [5, 5.41) is 0. The minimum atomic E-state index is 0.612. The molecule has 106 valence electrons. The molecule has 0 saturated carbocycles. The summed E-state index contributed by atoms with van der Waals surface area (Å²) in [5.74, 6) is 0. The predicted molar refractivity (Wildman–Crippen MR) is 83.2 cm³/mol. The molecule has 0 amide bonds.